The van der Waals surface area contributed by atoms with E-state index in [9.17, 15) is 9.90 Å². The molecule has 1 aliphatic heterocycles. The zero-order valence-electron chi connectivity index (χ0n) is 11.7. The van der Waals surface area contributed by atoms with Crippen LogP contribution in [0.5, 0.6) is 0 Å². The van der Waals surface area contributed by atoms with Gasteiger partial charge in [0.05, 0.1) is 24.8 Å². The molecule has 1 aromatic carbocycles. The first-order valence-corrected chi connectivity index (χ1v) is 7.02. The number of ether oxygens (including phenoxy) is 1. The number of hydrogen-bond donors (Lipinski definition) is 3. The van der Waals surface area contributed by atoms with E-state index in [4.69, 9.17) is 4.74 Å². The first kappa shape index (κ1) is 14.8. The molecular formula is C15H22N2O3. The van der Waals surface area contributed by atoms with Gasteiger partial charge >= 0.3 is 6.03 Å². The van der Waals surface area contributed by atoms with E-state index in [1.807, 2.05) is 37.3 Å². The Labute approximate surface area is 119 Å². The molecule has 0 bridgehead atoms. The average molecular weight is 278 g/mol. The number of carbonyl (C=O) groups is 1. The number of hydrogen-bond acceptors (Lipinski definition) is 3. The van der Waals surface area contributed by atoms with Crippen LogP contribution in [-0.2, 0) is 11.2 Å². The minimum Gasteiger partial charge on any atom is -0.394 e. The van der Waals surface area contributed by atoms with E-state index in [0.29, 0.717) is 13.0 Å². The smallest absolute Gasteiger partial charge is 0.315 e. The van der Waals surface area contributed by atoms with Gasteiger partial charge < -0.3 is 20.5 Å². The summed E-state index contributed by atoms with van der Waals surface area (Å²) in [6, 6.07) is 9.31. The van der Waals surface area contributed by atoms with Gasteiger partial charge in [-0.05, 0) is 25.3 Å². The van der Waals surface area contributed by atoms with Crippen LogP contribution in [0.2, 0.25) is 0 Å². The number of urea groups is 1. The summed E-state index contributed by atoms with van der Waals surface area (Å²) < 4.78 is 5.40. The second-order valence-corrected chi connectivity index (χ2v) is 5.16. The number of rotatable bonds is 5. The van der Waals surface area contributed by atoms with Crippen molar-refractivity contribution in [2.75, 3.05) is 13.2 Å². The lowest BCUT2D eigenvalue weighted by Gasteiger charge is -2.20. The van der Waals surface area contributed by atoms with E-state index in [2.05, 4.69) is 10.6 Å². The summed E-state index contributed by atoms with van der Waals surface area (Å²) in [6.45, 7) is 2.55. The van der Waals surface area contributed by atoms with Crippen LogP contribution in [0.1, 0.15) is 18.9 Å². The van der Waals surface area contributed by atoms with Gasteiger partial charge in [0, 0.05) is 6.61 Å². The molecule has 3 atom stereocenters. The Balaban J connectivity index is 1.81. The van der Waals surface area contributed by atoms with Crippen LogP contribution in [0, 0.1) is 0 Å². The molecule has 2 unspecified atom stereocenters. The average Bonchev–Trinajstić information content (AvgIpc) is 2.84. The Kier molecular flexibility index (Phi) is 5.38. The predicted molar refractivity (Wildman–Crippen MR) is 76.5 cm³/mol. The summed E-state index contributed by atoms with van der Waals surface area (Å²) in [5.74, 6) is 0. The van der Waals surface area contributed by atoms with Gasteiger partial charge in [-0.25, -0.2) is 4.79 Å². The third-order valence-electron chi connectivity index (χ3n) is 3.57. The van der Waals surface area contributed by atoms with E-state index in [1.54, 1.807) is 0 Å². The van der Waals surface area contributed by atoms with Crippen molar-refractivity contribution in [2.24, 2.45) is 0 Å². The minimum atomic E-state index is -0.282. The molecule has 0 spiro atoms. The second-order valence-electron chi connectivity index (χ2n) is 5.16. The summed E-state index contributed by atoms with van der Waals surface area (Å²) >= 11 is 0. The number of aliphatic hydroxyl groups excluding tert-OH is 1. The highest BCUT2D eigenvalue weighted by molar-refractivity contribution is 5.74. The van der Waals surface area contributed by atoms with Gasteiger partial charge in [0.1, 0.15) is 0 Å². The quantitative estimate of drug-likeness (QED) is 0.754. The van der Waals surface area contributed by atoms with Gasteiger partial charge in [-0.3, -0.25) is 0 Å². The van der Waals surface area contributed by atoms with E-state index >= 15 is 0 Å². The van der Waals surface area contributed by atoms with Crippen LogP contribution in [0.25, 0.3) is 0 Å². The lowest BCUT2D eigenvalue weighted by Crippen LogP contribution is -2.49. The number of carbonyl (C=O) groups excluding carboxylic acids is 1. The van der Waals surface area contributed by atoms with Crippen LogP contribution >= 0.6 is 0 Å². The van der Waals surface area contributed by atoms with Gasteiger partial charge in [0.25, 0.3) is 0 Å². The van der Waals surface area contributed by atoms with Gasteiger partial charge in [-0.15, -0.1) is 0 Å². The van der Waals surface area contributed by atoms with Crippen molar-refractivity contribution < 1.29 is 14.6 Å². The zero-order valence-corrected chi connectivity index (χ0v) is 11.7. The highest BCUT2D eigenvalue weighted by Gasteiger charge is 2.26. The van der Waals surface area contributed by atoms with Crippen molar-refractivity contribution in [3.05, 3.63) is 35.9 Å². The van der Waals surface area contributed by atoms with Crippen molar-refractivity contribution in [2.45, 2.75) is 38.0 Å². The highest BCUT2D eigenvalue weighted by Crippen LogP contribution is 2.12. The largest absolute Gasteiger partial charge is 0.394 e. The summed E-state index contributed by atoms with van der Waals surface area (Å²) in [5.41, 5.74) is 1.09. The van der Waals surface area contributed by atoms with E-state index in [0.717, 1.165) is 12.0 Å². The van der Waals surface area contributed by atoms with Crippen molar-refractivity contribution in [3.8, 4) is 0 Å². The molecule has 3 N–H and O–H groups in total. The van der Waals surface area contributed by atoms with Crippen LogP contribution < -0.4 is 10.6 Å². The maximum atomic E-state index is 11.9. The normalized spacial score (nSPS) is 23.3. The third-order valence-corrected chi connectivity index (χ3v) is 3.57. The molecule has 1 saturated heterocycles. The van der Waals surface area contributed by atoms with E-state index in [1.165, 1.54) is 0 Å². The fraction of sp³-hybridized carbons (Fsp3) is 0.533. The van der Waals surface area contributed by atoms with Crippen molar-refractivity contribution in [1.82, 2.24) is 10.6 Å². The first-order valence-electron chi connectivity index (χ1n) is 7.02. The molecule has 0 aromatic heterocycles. The van der Waals surface area contributed by atoms with Crippen LogP contribution in [0.4, 0.5) is 4.79 Å². The number of nitrogens with one attached hydrogen (secondary N) is 2. The molecule has 2 rings (SSSR count). The first-order chi connectivity index (χ1) is 9.69. The number of aliphatic hydroxyl groups is 1. The summed E-state index contributed by atoms with van der Waals surface area (Å²) in [4.78, 5) is 11.9. The molecular weight excluding hydrogens is 256 g/mol. The standard InChI is InChI=1S/C15H22N2O3/c1-11-14(7-8-20-11)17-15(19)16-13(10-18)9-12-5-3-2-4-6-12/h2-6,11,13-14,18H,7-10H2,1H3,(H2,16,17,19)/t11?,13-,14?/m0/s1. The number of benzene rings is 1. The molecule has 0 radical (unpaired) electrons. The molecule has 1 aliphatic rings. The molecule has 20 heavy (non-hydrogen) atoms. The summed E-state index contributed by atoms with van der Waals surface area (Å²) in [6.07, 6.45) is 1.49. The molecule has 1 heterocycles. The Morgan fingerprint density at radius 2 is 2.20 bits per heavy atom. The lowest BCUT2D eigenvalue weighted by molar-refractivity contribution is 0.114. The molecule has 1 aromatic rings. The van der Waals surface area contributed by atoms with E-state index < -0.39 is 0 Å². The maximum absolute atomic E-state index is 11.9. The Bertz CT molecular complexity index is 424. The van der Waals surface area contributed by atoms with Gasteiger partial charge in [-0.2, -0.15) is 0 Å². The topological polar surface area (TPSA) is 70.6 Å². The lowest BCUT2D eigenvalue weighted by atomic mass is 10.1. The summed E-state index contributed by atoms with van der Waals surface area (Å²) in [7, 11) is 0. The Hall–Kier alpha value is -1.59. The monoisotopic (exact) mass is 278 g/mol. The predicted octanol–water partition coefficient (Wildman–Crippen LogP) is 1.07. The van der Waals surface area contributed by atoms with Crippen molar-refractivity contribution in [3.63, 3.8) is 0 Å². The molecule has 0 saturated carbocycles. The molecule has 1 fully saturated rings. The fourth-order valence-corrected chi connectivity index (χ4v) is 2.38. The fourth-order valence-electron chi connectivity index (χ4n) is 2.38. The van der Waals surface area contributed by atoms with Crippen molar-refractivity contribution in [1.29, 1.82) is 0 Å². The minimum absolute atomic E-state index is 0.0439. The van der Waals surface area contributed by atoms with Crippen LogP contribution in [-0.4, -0.2) is 42.5 Å². The molecule has 5 nitrogen and oxygen atoms in total. The van der Waals surface area contributed by atoms with Crippen molar-refractivity contribution >= 4 is 6.03 Å². The molecule has 110 valence electrons. The number of amides is 2. The Morgan fingerprint density at radius 1 is 1.45 bits per heavy atom. The Morgan fingerprint density at radius 3 is 2.80 bits per heavy atom. The van der Waals surface area contributed by atoms with Crippen LogP contribution in [0.3, 0.4) is 0 Å². The molecule has 0 aliphatic carbocycles. The zero-order chi connectivity index (χ0) is 14.4. The molecule has 5 heteroatoms. The van der Waals surface area contributed by atoms with E-state index in [-0.39, 0.29) is 30.8 Å². The highest BCUT2D eigenvalue weighted by atomic mass is 16.5. The van der Waals surface area contributed by atoms with Crippen LogP contribution in [0.15, 0.2) is 30.3 Å². The van der Waals surface area contributed by atoms with Gasteiger partial charge in [0.2, 0.25) is 0 Å². The van der Waals surface area contributed by atoms with Gasteiger partial charge in [-0.1, -0.05) is 30.3 Å². The van der Waals surface area contributed by atoms with Gasteiger partial charge in [0.15, 0.2) is 0 Å². The third kappa shape index (κ3) is 4.21. The molecule has 2 amide bonds. The summed E-state index contributed by atoms with van der Waals surface area (Å²) in [5, 5.41) is 15.1. The SMILES string of the molecule is CC1OCCC1NC(=O)N[C@H](CO)Cc1ccccc1. The maximum Gasteiger partial charge on any atom is 0.315 e. The second kappa shape index (κ2) is 7.26.